The van der Waals surface area contributed by atoms with Gasteiger partial charge in [0.25, 0.3) is 0 Å². The molecule has 0 bridgehead atoms. The summed E-state index contributed by atoms with van der Waals surface area (Å²) < 4.78 is 5.17. The van der Waals surface area contributed by atoms with Crippen LogP contribution in [-0.4, -0.2) is 54.0 Å². The number of ether oxygens (including phenoxy) is 1. The largest absolute Gasteiger partial charge is 0.443 e. The van der Waals surface area contributed by atoms with Crippen LogP contribution in [0.25, 0.3) is 0 Å². The van der Waals surface area contributed by atoms with Crippen LogP contribution < -0.4 is 5.32 Å². The molecule has 2 saturated heterocycles. The smallest absolute Gasteiger partial charge is 0.407 e. The SMILES string of the molecule is O=C1NCC(CN2CCC3(O)CCCCC3C2)O1. The lowest BCUT2D eigenvalue weighted by Crippen LogP contribution is -2.54. The third-order valence-electron chi connectivity index (χ3n) is 4.72. The fourth-order valence-electron chi connectivity index (χ4n) is 3.63. The van der Waals surface area contributed by atoms with E-state index in [4.69, 9.17) is 4.74 Å². The molecular weight excluding hydrogens is 232 g/mol. The van der Waals surface area contributed by atoms with Crippen molar-refractivity contribution in [1.82, 2.24) is 10.2 Å². The second-order valence-electron chi connectivity index (χ2n) is 5.96. The first-order valence-corrected chi connectivity index (χ1v) is 7.05. The van der Waals surface area contributed by atoms with Gasteiger partial charge in [0.05, 0.1) is 12.1 Å². The topological polar surface area (TPSA) is 61.8 Å². The number of carbonyl (C=O) groups excluding carboxylic acids is 1. The fourth-order valence-corrected chi connectivity index (χ4v) is 3.63. The fraction of sp³-hybridized carbons (Fsp3) is 0.923. The monoisotopic (exact) mass is 254 g/mol. The molecule has 1 amide bonds. The van der Waals surface area contributed by atoms with Crippen LogP contribution in [0.5, 0.6) is 0 Å². The summed E-state index contributed by atoms with van der Waals surface area (Å²) >= 11 is 0. The van der Waals surface area contributed by atoms with E-state index in [0.29, 0.717) is 12.5 Å². The molecule has 3 atom stereocenters. The average molecular weight is 254 g/mol. The Bertz CT molecular complexity index is 336. The van der Waals surface area contributed by atoms with Crippen molar-refractivity contribution in [2.24, 2.45) is 5.92 Å². The predicted octanol–water partition coefficient (Wildman–Crippen LogP) is 0.722. The summed E-state index contributed by atoms with van der Waals surface area (Å²) in [5, 5.41) is 13.3. The Morgan fingerprint density at radius 2 is 2.33 bits per heavy atom. The molecule has 3 rings (SSSR count). The standard InChI is InChI=1S/C13H22N2O3/c16-12-14-7-11(18-12)9-15-6-5-13(17)4-2-1-3-10(13)8-15/h10-11,17H,1-9H2,(H,14,16). The number of hydrogen-bond acceptors (Lipinski definition) is 4. The first kappa shape index (κ1) is 12.2. The number of hydrogen-bond donors (Lipinski definition) is 2. The maximum atomic E-state index is 11.0. The molecule has 18 heavy (non-hydrogen) atoms. The van der Waals surface area contributed by atoms with E-state index in [1.165, 1.54) is 6.42 Å². The lowest BCUT2D eigenvalue weighted by Gasteiger charge is -2.47. The number of likely N-dealkylation sites (tertiary alicyclic amines) is 1. The Hall–Kier alpha value is -0.810. The molecule has 2 heterocycles. The van der Waals surface area contributed by atoms with Crippen molar-refractivity contribution < 1.29 is 14.6 Å². The lowest BCUT2D eigenvalue weighted by molar-refractivity contribution is -0.0988. The van der Waals surface area contributed by atoms with Gasteiger partial charge in [0, 0.05) is 25.6 Å². The quantitative estimate of drug-likeness (QED) is 0.762. The Morgan fingerprint density at radius 3 is 3.11 bits per heavy atom. The van der Waals surface area contributed by atoms with Crippen molar-refractivity contribution in [2.75, 3.05) is 26.2 Å². The molecule has 0 aromatic heterocycles. The van der Waals surface area contributed by atoms with E-state index in [-0.39, 0.29) is 12.2 Å². The summed E-state index contributed by atoms with van der Waals surface area (Å²) in [6.45, 7) is 3.28. The van der Waals surface area contributed by atoms with E-state index in [2.05, 4.69) is 10.2 Å². The summed E-state index contributed by atoms with van der Waals surface area (Å²) in [6.07, 6.45) is 5.05. The Labute approximate surface area is 107 Å². The van der Waals surface area contributed by atoms with Gasteiger partial charge >= 0.3 is 6.09 Å². The van der Waals surface area contributed by atoms with Gasteiger partial charge in [-0.25, -0.2) is 4.79 Å². The molecule has 1 saturated carbocycles. The molecule has 2 aliphatic heterocycles. The third-order valence-corrected chi connectivity index (χ3v) is 4.72. The van der Waals surface area contributed by atoms with E-state index in [9.17, 15) is 9.90 Å². The summed E-state index contributed by atoms with van der Waals surface area (Å²) in [5.74, 6) is 0.407. The van der Waals surface area contributed by atoms with E-state index in [1.54, 1.807) is 0 Å². The van der Waals surface area contributed by atoms with Crippen LogP contribution >= 0.6 is 0 Å². The van der Waals surface area contributed by atoms with Crippen LogP contribution in [0.1, 0.15) is 32.1 Å². The number of alkyl carbamates (subject to hydrolysis) is 1. The second-order valence-corrected chi connectivity index (χ2v) is 5.96. The molecule has 0 aromatic rings. The van der Waals surface area contributed by atoms with E-state index in [0.717, 1.165) is 45.3 Å². The zero-order chi connectivity index (χ0) is 12.6. The van der Waals surface area contributed by atoms with Crippen molar-refractivity contribution in [3.8, 4) is 0 Å². The van der Waals surface area contributed by atoms with E-state index >= 15 is 0 Å². The van der Waals surface area contributed by atoms with Crippen molar-refractivity contribution in [3.05, 3.63) is 0 Å². The minimum absolute atomic E-state index is 0.0210. The minimum Gasteiger partial charge on any atom is -0.443 e. The maximum Gasteiger partial charge on any atom is 0.407 e. The molecule has 0 spiro atoms. The molecule has 2 N–H and O–H groups in total. The first-order chi connectivity index (χ1) is 8.66. The van der Waals surface area contributed by atoms with Crippen molar-refractivity contribution in [3.63, 3.8) is 0 Å². The minimum atomic E-state index is -0.417. The van der Waals surface area contributed by atoms with Crippen LogP contribution in [-0.2, 0) is 4.74 Å². The van der Waals surface area contributed by atoms with Crippen LogP contribution in [0.4, 0.5) is 4.79 Å². The number of nitrogens with zero attached hydrogens (tertiary/aromatic N) is 1. The number of amides is 1. The number of piperidine rings is 1. The van der Waals surface area contributed by atoms with Crippen LogP contribution in [0, 0.1) is 5.92 Å². The van der Waals surface area contributed by atoms with Crippen molar-refractivity contribution in [1.29, 1.82) is 0 Å². The molecule has 102 valence electrons. The zero-order valence-corrected chi connectivity index (χ0v) is 10.7. The maximum absolute atomic E-state index is 11.0. The summed E-state index contributed by atoms with van der Waals surface area (Å²) in [6, 6.07) is 0. The normalized spacial score (nSPS) is 41.1. The highest BCUT2D eigenvalue weighted by molar-refractivity contribution is 5.69. The van der Waals surface area contributed by atoms with Gasteiger partial charge in [-0.05, 0) is 19.3 Å². The van der Waals surface area contributed by atoms with Gasteiger partial charge < -0.3 is 15.2 Å². The van der Waals surface area contributed by atoms with Crippen molar-refractivity contribution in [2.45, 2.75) is 43.8 Å². The number of carbonyl (C=O) groups is 1. The number of cyclic esters (lactones) is 1. The van der Waals surface area contributed by atoms with Crippen LogP contribution in [0.2, 0.25) is 0 Å². The molecule has 3 aliphatic rings. The lowest BCUT2D eigenvalue weighted by atomic mass is 9.71. The van der Waals surface area contributed by atoms with E-state index in [1.807, 2.05) is 0 Å². The molecule has 3 fully saturated rings. The number of fused-ring (bicyclic) bond motifs is 1. The first-order valence-electron chi connectivity index (χ1n) is 7.05. The van der Waals surface area contributed by atoms with Gasteiger partial charge in [0.2, 0.25) is 0 Å². The number of rotatable bonds is 2. The summed E-state index contributed by atoms with van der Waals surface area (Å²) in [4.78, 5) is 13.3. The van der Waals surface area contributed by atoms with Gasteiger partial charge in [-0.15, -0.1) is 0 Å². The molecule has 3 unspecified atom stereocenters. The highest BCUT2D eigenvalue weighted by Gasteiger charge is 2.43. The van der Waals surface area contributed by atoms with Gasteiger partial charge in [-0.3, -0.25) is 4.90 Å². The van der Waals surface area contributed by atoms with Crippen LogP contribution in [0.15, 0.2) is 0 Å². The van der Waals surface area contributed by atoms with Gasteiger partial charge in [0.1, 0.15) is 6.10 Å². The predicted molar refractivity (Wildman–Crippen MR) is 66.2 cm³/mol. The molecule has 0 aromatic carbocycles. The number of aliphatic hydroxyl groups is 1. The molecule has 1 aliphatic carbocycles. The Balaban J connectivity index is 1.55. The van der Waals surface area contributed by atoms with Gasteiger partial charge in [-0.1, -0.05) is 12.8 Å². The van der Waals surface area contributed by atoms with Crippen LogP contribution in [0.3, 0.4) is 0 Å². The summed E-state index contributed by atoms with van der Waals surface area (Å²) in [7, 11) is 0. The zero-order valence-electron chi connectivity index (χ0n) is 10.7. The second kappa shape index (κ2) is 4.70. The molecular formula is C13H22N2O3. The Kier molecular flexibility index (Phi) is 3.20. The van der Waals surface area contributed by atoms with E-state index < -0.39 is 5.60 Å². The Morgan fingerprint density at radius 1 is 1.44 bits per heavy atom. The van der Waals surface area contributed by atoms with Gasteiger partial charge in [-0.2, -0.15) is 0 Å². The highest BCUT2D eigenvalue weighted by atomic mass is 16.6. The molecule has 5 heteroatoms. The molecule has 0 radical (unpaired) electrons. The average Bonchev–Trinajstić information content (AvgIpc) is 2.75. The third kappa shape index (κ3) is 2.34. The number of nitrogens with one attached hydrogen (secondary N) is 1. The van der Waals surface area contributed by atoms with Gasteiger partial charge in [0.15, 0.2) is 0 Å². The summed E-state index contributed by atoms with van der Waals surface area (Å²) in [5.41, 5.74) is -0.417. The highest BCUT2D eigenvalue weighted by Crippen LogP contribution is 2.39. The van der Waals surface area contributed by atoms with Crippen molar-refractivity contribution >= 4 is 6.09 Å². The molecule has 5 nitrogen and oxygen atoms in total.